The number of alkyl halides is 1. The summed E-state index contributed by atoms with van der Waals surface area (Å²) in [6.45, 7) is 0. The fourth-order valence-corrected chi connectivity index (χ4v) is 2.90. The van der Waals surface area contributed by atoms with Gasteiger partial charge in [-0.1, -0.05) is 27.5 Å². The first-order valence-corrected chi connectivity index (χ1v) is 7.99. The van der Waals surface area contributed by atoms with Crippen LogP contribution < -0.4 is 0 Å². The predicted octanol–water partition coefficient (Wildman–Crippen LogP) is 5.36. The number of hydrogen-bond acceptors (Lipinski definition) is 1. The molecule has 0 saturated carbocycles. The van der Waals surface area contributed by atoms with Crippen molar-refractivity contribution in [2.45, 2.75) is 6.42 Å². The van der Waals surface area contributed by atoms with Crippen molar-refractivity contribution in [3.05, 3.63) is 57.5 Å². The van der Waals surface area contributed by atoms with Crippen LogP contribution in [-0.2, 0) is 6.42 Å². The third-order valence-electron chi connectivity index (χ3n) is 3.17. The first-order chi connectivity index (χ1) is 10.1. The minimum Gasteiger partial charge on any atom is -0.296 e. The highest BCUT2D eigenvalue weighted by Crippen LogP contribution is 2.27. The van der Waals surface area contributed by atoms with Crippen molar-refractivity contribution in [2.75, 3.05) is 5.88 Å². The average Bonchev–Trinajstić information content (AvgIpc) is 2.80. The van der Waals surface area contributed by atoms with Crippen LogP contribution in [0.25, 0.3) is 16.7 Å². The Kier molecular flexibility index (Phi) is 4.20. The maximum atomic E-state index is 13.8. The molecule has 2 aromatic carbocycles. The average molecular weight is 388 g/mol. The lowest BCUT2D eigenvalue weighted by atomic mass is 10.2. The second kappa shape index (κ2) is 5.95. The van der Waals surface area contributed by atoms with E-state index in [-0.39, 0.29) is 5.02 Å². The lowest BCUT2D eigenvalue weighted by Crippen LogP contribution is -2.02. The van der Waals surface area contributed by atoms with Crippen molar-refractivity contribution >= 4 is 50.2 Å². The molecule has 0 atom stereocenters. The molecule has 0 spiro atoms. The molecule has 0 saturated heterocycles. The summed E-state index contributed by atoms with van der Waals surface area (Å²) in [6.07, 6.45) is 0.595. The molecular formula is C15H10BrCl2FN2. The van der Waals surface area contributed by atoms with E-state index in [0.717, 1.165) is 21.3 Å². The number of aromatic nitrogens is 2. The van der Waals surface area contributed by atoms with Crippen LogP contribution in [0.4, 0.5) is 4.39 Å². The van der Waals surface area contributed by atoms with Crippen LogP contribution in [0.5, 0.6) is 0 Å². The summed E-state index contributed by atoms with van der Waals surface area (Å²) in [4.78, 5) is 4.57. The highest BCUT2D eigenvalue weighted by molar-refractivity contribution is 9.10. The minimum atomic E-state index is -0.456. The number of benzene rings is 2. The first-order valence-electron chi connectivity index (χ1n) is 6.28. The van der Waals surface area contributed by atoms with Crippen molar-refractivity contribution in [3.63, 3.8) is 0 Å². The summed E-state index contributed by atoms with van der Waals surface area (Å²) < 4.78 is 16.6. The lowest BCUT2D eigenvalue weighted by molar-refractivity contribution is 0.627. The SMILES string of the molecule is Fc1cc(-n2c(CCCl)nc3ccc(Br)cc32)ccc1Cl. The third-order valence-corrected chi connectivity index (χ3v) is 4.15. The van der Waals surface area contributed by atoms with E-state index in [1.54, 1.807) is 12.1 Å². The maximum absolute atomic E-state index is 13.8. The number of rotatable bonds is 3. The number of nitrogens with zero attached hydrogens (tertiary/aromatic N) is 2. The number of fused-ring (bicyclic) bond motifs is 1. The molecule has 0 aliphatic rings. The Morgan fingerprint density at radius 3 is 2.71 bits per heavy atom. The quantitative estimate of drug-likeness (QED) is 0.553. The summed E-state index contributed by atoms with van der Waals surface area (Å²) in [5.41, 5.74) is 2.41. The van der Waals surface area contributed by atoms with E-state index in [1.807, 2.05) is 22.8 Å². The number of aryl methyl sites for hydroxylation is 1. The molecule has 0 radical (unpaired) electrons. The largest absolute Gasteiger partial charge is 0.296 e. The molecule has 1 aromatic heterocycles. The Morgan fingerprint density at radius 2 is 2.00 bits per heavy atom. The smallest absolute Gasteiger partial charge is 0.143 e. The monoisotopic (exact) mass is 386 g/mol. The van der Waals surface area contributed by atoms with E-state index < -0.39 is 5.82 Å². The van der Waals surface area contributed by atoms with Gasteiger partial charge in [-0.15, -0.1) is 11.6 Å². The van der Waals surface area contributed by atoms with Crippen LogP contribution in [0.15, 0.2) is 40.9 Å². The Bertz CT molecular complexity index is 817. The third kappa shape index (κ3) is 2.80. The number of hydrogen-bond donors (Lipinski definition) is 0. The van der Waals surface area contributed by atoms with E-state index in [9.17, 15) is 4.39 Å². The summed E-state index contributed by atoms with van der Waals surface area (Å²) in [5.74, 6) is 0.781. The zero-order valence-electron chi connectivity index (χ0n) is 10.8. The topological polar surface area (TPSA) is 17.8 Å². The Labute approximate surface area is 139 Å². The van der Waals surface area contributed by atoms with Crippen molar-refractivity contribution in [1.82, 2.24) is 9.55 Å². The second-order valence-electron chi connectivity index (χ2n) is 4.53. The van der Waals surface area contributed by atoms with Crippen molar-refractivity contribution in [3.8, 4) is 5.69 Å². The van der Waals surface area contributed by atoms with E-state index in [4.69, 9.17) is 23.2 Å². The standard InChI is InChI=1S/C15H10BrCl2FN2/c16-9-1-4-13-14(7-9)21(15(20-13)5-6-17)10-2-3-11(18)12(19)8-10/h1-4,7-8H,5-6H2. The van der Waals surface area contributed by atoms with Crippen LogP contribution in [0, 0.1) is 5.82 Å². The Morgan fingerprint density at radius 1 is 1.19 bits per heavy atom. The van der Waals surface area contributed by atoms with Crippen molar-refractivity contribution in [1.29, 1.82) is 0 Å². The molecule has 2 nitrogen and oxygen atoms in total. The Hall–Kier alpha value is -1.10. The van der Waals surface area contributed by atoms with Crippen LogP contribution in [0.2, 0.25) is 5.02 Å². The van der Waals surface area contributed by atoms with Gasteiger partial charge in [-0.2, -0.15) is 0 Å². The summed E-state index contributed by atoms with van der Waals surface area (Å²) in [5, 5.41) is 0.100. The van der Waals surface area contributed by atoms with Crippen LogP contribution in [-0.4, -0.2) is 15.4 Å². The van der Waals surface area contributed by atoms with E-state index in [1.165, 1.54) is 6.07 Å². The molecule has 21 heavy (non-hydrogen) atoms. The van der Waals surface area contributed by atoms with E-state index in [0.29, 0.717) is 18.0 Å². The molecule has 0 aliphatic heterocycles. The molecule has 1 heterocycles. The minimum absolute atomic E-state index is 0.100. The highest BCUT2D eigenvalue weighted by atomic mass is 79.9. The molecule has 0 N–H and O–H groups in total. The van der Waals surface area contributed by atoms with E-state index in [2.05, 4.69) is 20.9 Å². The van der Waals surface area contributed by atoms with Crippen molar-refractivity contribution < 1.29 is 4.39 Å². The number of halogens is 4. The van der Waals surface area contributed by atoms with Gasteiger partial charge in [-0.25, -0.2) is 9.37 Å². The predicted molar refractivity (Wildman–Crippen MR) is 88.2 cm³/mol. The summed E-state index contributed by atoms with van der Waals surface area (Å²) >= 11 is 15.1. The van der Waals surface area contributed by atoms with Gasteiger partial charge in [-0.3, -0.25) is 4.57 Å². The number of imidazole rings is 1. The van der Waals surface area contributed by atoms with Gasteiger partial charge in [0, 0.05) is 16.8 Å². The van der Waals surface area contributed by atoms with Gasteiger partial charge in [0.05, 0.1) is 21.7 Å². The summed E-state index contributed by atoms with van der Waals surface area (Å²) in [7, 11) is 0. The van der Waals surface area contributed by atoms with Gasteiger partial charge in [0.2, 0.25) is 0 Å². The van der Waals surface area contributed by atoms with Gasteiger partial charge < -0.3 is 0 Å². The molecule has 3 rings (SSSR count). The molecule has 0 fully saturated rings. The zero-order valence-corrected chi connectivity index (χ0v) is 13.9. The van der Waals surface area contributed by atoms with Crippen LogP contribution in [0.3, 0.4) is 0 Å². The van der Waals surface area contributed by atoms with Gasteiger partial charge in [0.1, 0.15) is 11.6 Å². The van der Waals surface area contributed by atoms with Gasteiger partial charge in [0.15, 0.2) is 0 Å². The highest BCUT2D eigenvalue weighted by Gasteiger charge is 2.13. The maximum Gasteiger partial charge on any atom is 0.143 e. The van der Waals surface area contributed by atoms with Gasteiger partial charge in [-0.05, 0) is 36.4 Å². The van der Waals surface area contributed by atoms with E-state index >= 15 is 0 Å². The van der Waals surface area contributed by atoms with Crippen LogP contribution in [0.1, 0.15) is 5.82 Å². The molecule has 6 heteroatoms. The zero-order chi connectivity index (χ0) is 15.0. The van der Waals surface area contributed by atoms with Crippen molar-refractivity contribution in [2.24, 2.45) is 0 Å². The molecule has 0 unspecified atom stereocenters. The molecule has 0 aliphatic carbocycles. The fraction of sp³-hybridized carbons (Fsp3) is 0.133. The lowest BCUT2D eigenvalue weighted by Gasteiger charge is -2.09. The van der Waals surface area contributed by atoms with Crippen LogP contribution >= 0.6 is 39.1 Å². The van der Waals surface area contributed by atoms with Gasteiger partial charge >= 0.3 is 0 Å². The Balaban J connectivity index is 2.29. The molecule has 0 amide bonds. The molecule has 108 valence electrons. The second-order valence-corrected chi connectivity index (χ2v) is 6.23. The molecular weight excluding hydrogens is 378 g/mol. The fourth-order valence-electron chi connectivity index (χ4n) is 2.26. The molecule has 3 aromatic rings. The normalized spacial score (nSPS) is 11.2. The molecule has 0 bridgehead atoms. The summed E-state index contributed by atoms with van der Waals surface area (Å²) in [6, 6.07) is 10.5. The van der Waals surface area contributed by atoms with Gasteiger partial charge in [0.25, 0.3) is 0 Å². The first kappa shape index (κ1) is 14.8.